The van der Waals surface area contributed by atoms with E-state index in [4.69, 9.17) is 4.42 Å². The number of fused-ring (bicyclic) bond motifs is 2. The zero-order chi connectivity index (χ0) is 20.1. The number of halogens is 2. The highest BCUT2D eigenvalue weighted by molar-refractivity contribution is 9.10. The van der Waals surface area contributed by atoms with Gasteiger partial charge in [0.1, 0.15) is 11.4 Å². The maximum absolute atomic E-state index is 13.8. The van der Waals surface area contributed by atoms with Crippen LogP contribution in [0.2, 0.25) is 0 Å². The second-order valence-electron chi connectivity index (χ2n) is 6.78. The van der Waals surface area contributed by atoms with E-state index in [1.165, 1.54) is 12.1 Å². The number of benzene rings is 3. The van der Waals surface area contributed by atoms with Gasteiger partial charge < -0.3 is 4.42 Å². The zero-order valence-electron chi connectivity index (χ0n) is 14.9. The summed E-state index contributed by atoms with van der Waals surface area (Å²) < 4.78 is 20.5. The fourth-order valence-electron chi connectivity index (χ4n) is 3.76. The molecule has 0 spiro atoms. The van der Waals surface area contributed by atoms with Crippen molar-refractivity contribution in [2.24, 2.45) is 0 Å². The molecule has 6 heteroatoms. The normalized spacial score (nSPS) is 15.7. The molecule has 5 rings (SSSR count). The summed E-state index contributed by atoms with van der Waals surface area (Å²) in [7, 11) is 0. The minimum absolute atomic E-state index is 0.00844. The molecule has 4 nitrogen and oxygen atoms in total. The van der Waals surface area contributed by atoms with E-state index in [0.29, 0.717) is 5.69 Å². The van der Waals surface area contributed by atoms with E-state index in [1.807, 2.05) is 42.5 Å². The van der Waals surface area contributed by atoms with Crippen LogP contribution in [0.15, 0.2) is 86.5 Å². The third-order valence-electron chi connectivity index (χ3n) is 5.05. The summed E-state index contributed by atoms with van der Waals surface area (Å²) in [5.74, 6) is -0.942. The molecule has 0 fully saturated rings. The molecule has 1 atom stereocenters. The first kappa shape index (κ1) is 17.8. The molecule has 0 aliphatic carbocycles. The molecule has 29 heavy (non-hydrogen) atoms. The van der Waals surface area contributed by atoms with Crippen LogP contribution in [0.1, 0.15) is 27.7 Å². The van der Waals surface area contributed by atoms with Gasteiger partial charge in [0.25, 0.3) is 5.91 Å². The van der Waals surface area contributed by atoms with Crippen molar-refractivity contribution in [2.45, 2.75) is 6.04 Å². The molecule has 1 aromatic heterocycles. The Morgan fingerprint density at radius 2 is 1.66 bits per heavy atom. The lowest BCUT2D eigenvalue weighted by Gasteiger charge is -2.25. The van der Waals surface area contributed by atoms with Crippen LogP contribution in [0.5, 0.6) is 0 Å². The SMILES string of the molecule is O=C1c2oc3ccc(F)cc3c(=O)c2C(c2ccc(Br)cc2)N1c1ccccc1. The van der Waals surface area contributed by atoms with Crippen LogP contribution in [0.4, 0.5) is 10.1 Å². The van der Waals surface area contributed by atoms with Gasteiger partial charge in [-0.2, -0.15) is 0 Å². The molecule has 0 bridgehead atoms. The molecular formula is C23H13BrFNO3. The average Bonchev–Trinajstić information content (AvgIpc) is 3.03. The van der Waals surface area contributed by atoms with Crippen LogP contribution in [0.3, 0.4) is 0 Å². The maximum Gasteiger partial charge on any atom is 0.295 e. The fraction of sp³-hybridized carbons (Fsp3) is 0.0435. The number of carbonyl (C=O) groups is 1. The average molecular weight is 450 g/mol. The van der Waals surface area contributed by atoms with Crippen molar-refractivity contribution in [2.75, 3.05) is 4.90 Å². The number of anilines is 1. The Hall–Kier alpha value is -3.25. The number of nitrogens with zero attached hydrogens (tertiary/aromatic N) is 1. The molecule has 0 N–H and O–H groups in total. The van der Waals surface area contributed by atoms with Gasteiger partial charge in [-0.1, -0.05) is 46.3 Å². The summed E-state index contributed by atoms with van der Waals surface area (Å²) in [6.07, 6.45) is 0. The highest BCUT2D eigenvalue weighted by atomic mass is 79.9. The predicted molar refractivity (Wildman–Crippen MR) is 112 cm³/mol. The summed E-state index contributed by atoms with van der Waals surface area (Å²) in [5.41, 5.74) is 1.41. The number of rotatable bonds is 2. The lowest BCUT2D eigenvalue weighted by Crippen LogP contribution is -2.29. The summed E-state index contributed by atoms with van der Waals surface area (Å²) in [6.45, 7) is 0. The second kappa shape index (κ2) is 6.67. The molecule has 1 unspecified atom stereocenters. The Bertz CT molecular complexity index is 1320. The quantitative estimate of drug-likeness (QED) is 0.409. The van der Waals surface area contributed by atoms with Crippen molar-refractivity contribution in [1.29, 1.82) is 0 Å². The first-order chi connectivity index (χ1) is 14.0. The van der Waals surface area contributed by atoms with Crippen molar-refractivity contribution in [3.63, 3.8) is 0 Å². The van der Waals surface area contributed by atoms with Crippen LogP contribution in [0, 0.1) is 5.82 Å². The molecule has 4 aromatic rings. The lowest BCUT2D eigenvalue weighted by atomic mass is 9.98. The second-order valence-corrected chi connectivity index (χ2v) is 7.69. The first-order valence-electron chi connectivity index (χ1n) is 8.95. The number of carbonyl (C=O) groups excluding carboxylic acids is 1. The topological polar surface area (TPSA) is 50.5 Å². The molecule has 0 saturated heterocycles. The molecule has 142 valence electrons. The highest BCUT2D eigenvalue weighted by Gasteiger charge is 2.43. The van der Waals surface area contributed by atoms with Gasteiger partial charge in [-0.25, -0.2) is 4.39 Å². The van der Waals surface area contributed by atoms with E-state index in [0.717, 1.165) is 16.1 Å². The Morgan fingerprint density at radius 1 is 0.931 bits per heavy atom. The van der Waals surface area contributed by atoms with E-state index in [-0.39, 0.29) is 22.3 Å². The monoisotopic (exact) mass is 449 g/mol. The molecule has 0 saturated carbocycles. The molecule has 1 amide bonds. The Kier molecular flexibility index (Phi) is 4.10. The summed E-state index contributed by atoms with van der Waals surface area (Å²) in [6, 6.07) is 19.6. The van der Waals surface area contributed by atoms with Gasteiger partial charge in [-0.15, -0.1) is 0 Å². The van der Waals surface area contributed by atoms with Crippen LogP contribution < -0.4 is 10.3 Å². The van der Waals surface area contributed by atoms with Crippen LogP contribution in [-0.2, 0) is 0 Å². The van der Waals surface area contributed by atoms with Gasteiger partial charge in [0.05, 0.1) is 17.0 Å². The Balaban J connectivity index is 1.83. The first-order valence-corrected chi connectivity index (χ1v) is 9.74. The zero-order valence-corrected chi connectivity index (χ0v) is 16.5. The van der Waals surface area contributed by atoms with Crippen molar-refractivity contribution in [3.05, 3.63) is 110 Å². The van der Waals surface area contributed by atoms with E-state index in [9.17, 15) is 14.0 Å². The predicted octanol–water partition coefficient (Wildman–Crippen LogP) is 5.44. The Labute approximate surface area is 173 Å². The van der Waals surface area contributed by atoms with E-state index in [2.05, 4.69) is 15.9 Å². The van der Waals surface area contributed by atoms with Gasteiger partial charge in [0.15, 0.2) is 5.43 Å². The minimum Gasteiger partial charge on any atom is -0.450 e. The summed E-state index contributed by atoms with van der Waals surface area (Å²) in [5, 5.41) is 0.119. The van der Waals surface area contributed by atoms with Crippen LogP contribution >= 0.6 is 15.9 Å². The van der Waals surface area contributed by atoms with E-state index < -0.39 is 23.2 Å². The third-order valence-corrected chi connectivity index (χ3v) is 5.58. The fourth-order valence-corrected chi connectivity index (χ4v) is 4.02. The largest absolute Gasteiger partial charge is 0.450 e. The van der Waals surface area contributed by atoms with Crippen molar-refractivity contribution in [3.8, 4) is 0 Å². The van der Waals surface area contributed by atoms with E-state index >= 15 is 0 Å². The van der Waals surface area contributed by atoms with Gasteiger partial charge >= 0.3 is 0 Å². The number of para-hydroxylation sites is 1. The smallest absolute Gasteiger partial charge is 0.295 e. The van der Waals surface area contributed by atoms with Gasteiger partial charge in [-0.05, 0) is 48.0 Å². The number of hydrogen-bond acceptors (Lipinski definition) is 3. The van der Waals surface area contributed by atoms with Crippen molar-refractivity contribution < 1.29 is 13.6 Å². The summed E-state index contributed by atoms with van der Waals surface area (Å²) >= 11 is 3.41. The minimum atomic E-state index is -0.670. The van der Waals surface area contributed by atoms with Crippen molar-refractivity contribution >= 4 is 38.5 Å². The highest BCUT2D eigenvalue weighted by Crippen LogP contribution is 2.41. The molecule has 3 aromatic carbocycles. The number of amides is 1. The van der Waals surface area contributed by atoms with Crippen molar-refractivity contribution in [1.82, 2.24) is 0 Å². The number of hydrogen-bond donors (Lipinski definition) is 0. The molecule has 1 aliphatic rings. The molecular weight excluding hydrogens is 437 g/mol. The van der Waals surface area contributed by atoms with Crippen LogP contribution in [-0.4, -0.2) is 5.91 Å². The molecule has 0 radical (unpaired) electrons. The van der Waals surface area contributed by atoms with Gasteiger partial charge in [0, 0.05) is 10.2 Å². The Morgan fingerprint density at radius 3 is 2.38 bits per heavy atom. The third kappa shape index (κ3) is 2.79. The molecule has 2 heterocycles. The summed E-state index contributed by atoms with van der Waals surface area (Å²) in [4.78, 5) is 28.2. The standard InChI is InChI=1S/C23H13BrFNO3/c24-14-8-6-13(7-9-14)20-19-21(27)17-12-15(25)10-11-18(17)29-22(19)23(28)26(20)16-4-2-1-3-5-16/h1-12,20H. The van der Waals surface area contributed by atoms with Crippen LogP contribution in [0.25, 0.3) is 11.0 Å². The molecule has 1 aliphatic heterocycles. The van der Waals surface area contributed by atoms with E-state index in [1.54, 1.807) is 17.0 Å². The van der Waals surface area contributed by atoms with Gasteiger partial charge in [0.2, 0.25) is 5.76 Å². The van der Waals surface area contributed by atoms with Gasteiger partial charge in [-0.3, -0.25) is 14.5 Å². The lowest BCUT2D eigenvalue weighted by molar-refractivity contribution is 0.0971. The maximum atomic E-state index is 13.8.